The van der Waals surface area contributed by atoms with Crippen LogP contribution in [0.2, 0.25) is 0 Å². The maximum absolute atomic E-state index is 13.1. The predicted molar refractivity (Wildman–Crippen MR) is 372 cm³/mol. The zero-order valence-corrected chi connectivity index (χ0v) is 61.6. The van der Waals surface area contributed by atoms with Gasteiger partial charge in [0, 0.05) is 25.7 Å². The van der Waals surface area contributed by atoms with E-state index in [-0.39, 0.29) is 25.7 Å². The molecule has 0 saturated heterocycles. The fourth-order valence-corrected chi connectivity index (χ4v) is 12.6. The summed E-state index contributed by atoms with van der Waals surface area (Å²) in [7, 11) is -9.89. The van der Waals surface area contributed by atoms with Crippen molar-refractivity contribution in [3.63, 3.8) is 0 Å². The Hall–Kier alpha value is -1.94. The van der Waals surface area contributed by atoms with Gasteiger partial charge in [0.1, 0.15) is 19.3 Å². The summed E-state index contributed by atoms with van der Waals surface area (Å²) < 4.78 is 68.2. The maximum Gasteiger partial charge on any atom is 0.472 e. The minimum absolute atomic E-state index is 0.106. The standard InChI is InChI=1S/C73H142O17P2/c1-7-11-13-15-16-17-26-34-39-45-51-57-72(77)89-68(61-83-70(75)55-49-41-14-12-8-2)63-87-91(79,80)85-59-67(74)60-86-92(81,82)88-64-69(90-73(78)58-52-46-40-35-30-25-21-19-23-28-32-37-43-48-54-66(6)10-4)62-84-71(76)56-50-44-38-33-29-24-20-18-22-27-31-36-42-47-53-65(5)9-3/h65-69,74H,7-64H2,1-6H3,(H,79,80)(H,81,82)/t65?,66?,67-,68+,69+/m0/s1. The molecule has 0 aromatic rings. The van der Waals surface area contributed by atoms with Crippen LogP contribution in [0.15, 0.2) is 0 Å². The summed E-state index contributed by atoms with van der Waals surface area (Å²) in [5, 5.41) is 10.6. The van der Waals surface area contributed by atoms with Crippen molar-refractivity contribution in [2.45, 2.75) is 394 Å². The Morgan fingerprint density at radius 2 is 0.522 bits per heavy atom. The molecule has 0 saturated carbocycles. The topological polar surface area (TPSA) is 237 Å². The Kier molecular flexibility index (Phi) is 63.7. The zero-order valence-electron chi connectivity index (χ0n) is 59.9. The second-order valence-electron chi connectivity index (χ2n) is 26.8. The van der Waals surface area contributed by atoms with Gasteiger partial charge in [0.25, 0.3) is 0 Å². The van der Waals surface area contributed by atoms with Crippen molar-refractivity contribution in [1.29, 1.82) is 0 Å². The van der Waals surface area contributed by atoms with Crippen LogP contribution in [0.3, 0.4) is 0 Å². The molecule has 19 heteroatoms. The van der Waals surface area contributed by atoms with Gasteiger partial charge in [-0.15, -0.1) is 0 Å². The van der Waals surface area contributed by atoms with E-state index in [1.807, 2.05) is 0 Å². The number of unbranched alkanes of at least 4 members (excludes halogenated alkanes) is 40. The third-order valence-corrected chi connectivity index (χ3v) is 19.6. The maximum atomic E-state index is 13.1. The number of carbonyl (C=O) groups is 4. The van der Waals surface area contributed by atoms with Gasteiger partial charge >= 0.3 is 39.5 Å². The molecule has 546 valence electrons. The fraction of sp³-hybridized carbons (Fsp3) is 0.945. The van der Waals surface area contributed by atoms with E-state index in [1.165, 1.54) is 186 Å². The number of esters is 4. The van der Waals surface area contributed by atoms with E-state index in [0.717, 1.165) is 108 Å². The average molecular weight is 1350 g/mol. The van der Waals surface area contributed by atoms with Crippen LogP contribution in [0, 0.1) is 11.8 Å². The first-order chi connectivity index (χ1) is 44.4. The van der Waals surface area contributed by atoms with Crippen molar-refractivity contribution in [3.05, 3.63) is 0 Å². The number of aliphatic hydroxyl groups is 1. The second-order valence-corrected chi connectivity index (χ2v) is 29.7. The summed E-state index contributed by atoms with van der Waals surface area (Å²) in [5.74, 6) is -0.435. The molecule has 0 rings (SSSR count). The van der Waals surface area contributed by atoms with Gasteiger partial charge in [-0.25, -0.2) is 9.13 Å². The van der Waals surface area contributed by atoms with Gasteiger partial charge in [-0.05, 0) is 37.5 Å². The molecule has 92 heavy (non-hydrogen) atoms. The molecule has 0 heterocycles. The van der Waals surface area contributed by atoms with Gasteiger partial charge in [0.2, 0.25) is 0 Å². The molecule has 0 aliphatic carbocycles. The predicted octanol–water partition coefficient (Wildman–Crippen LogP) is 21.2. The van der Waals surface area contributed by atoms with Crippen LogP contribution in [0.5, 0.6) is 0 Å². The number of hydrogen-bond acceptors (Lipinski definition) is 15. The summed E-state index contributed by atoms with van der Waals surface area (Å²) in [6, 6.07) is 0. The van der Waals surface area contributed by atoms with Gasteiger partial charge < -0.3 is 33.8 Å². The van der Waals surface area contributed by atoms with Crippen LogP contribution >= 0.6 is 15.6 Å². The molecule has 7 atom stereocenters. The van der Waals surface area contributed by atoms with E-state index >= 15 is 0 Å². The zero-order chi connectivity index (χ0) is 67.9. The molecular formula is C73H142O17P2. The van der Waals surface area contributed by atoms with Crippen molar-refractivity contribution in [1.82, 2.24) is 0 Å². The van der Waals surface area contributed by atoms with Crippen LogP contribution in [0.1, 0.15) is 375 Å². The Morgan fingerprint density at radius 3 is 0.772 bits per heavy atom. The molecule has 17 nitrogen and oxygen atoms in total. The molecule has 0 aliphatic rings. The lowest BCUT2D eigenvalue weighted by molar-refractivity contribution is -0.161. The largest absolute Gasteiger partial charge is 0.472 e. The Labute approximate surface area is 562 Å². The van der Waals surface area contributed by atoms with Crippen LogP contribution in [-0.4, -0.2) is 96.7 Å². The van der Waals surface area contributed by atoms with E-state index in [2.05, 4.69) is 41.5 Å². The van der Waals surface area contributed by atoms with E-state index < -0.39 is 97.5 Å². The number of phosphoric ester groups is 2. The lowest BCUT2D eigenvalue weighted by Crippen LogP contribution is -2.30. The lowest BCUT2D eigenvalue weighted by atomic mass is 9.99. The highest BCUT2D eigenvalue weighted by Crippen LogP contribution is 2.45. The first-order valence-electron chi connectivity index (χ1n) is 38.1. The second kappa shape index (κ2) is 65.0. The molecular weight excluding hydrogens is 1210 g/mol. The lowest BCUT2D eigenvalue weighted by Gasteiger charge is -2.21. The highest BCUT2D eigenvalue weighted by atomic mass is 31.2. The average Bonchev–Trinajstić information content (AvgIpc) is 3.15. The highest BCUT2D eigenvalue weighted by molar-refractivity contribution is 7.47. The summed E-state index contributed by atoms with van der Waals surface area (Å²) in [6.07, 6.45) is 51.6. The number of phosphoric acid groups is 2. The normalized spacial score (nSPS) is 14.7. The minimum Gasteiger partial charge on any atom is -0.462 e. The van der Waals surface area contributed by atoms with Gasteiger partial charge in [0.15, 0.2) is 12.2 Å². The van der Waals surface area contributed by atoms with Crippen LogP contribution in [-0.2, 0) is 65.4 Å². The van der Waals surface area contributed by atoms with E-state index in [0.29, 0.717) is 25.7 Å². The van der Waals surface area contributed by atoms with Gasteiger partial charge in [-0.2, -0.15) is 0 Å². The minimum atomic E-state index is -4.95. The molecule has 0 bridgehead atoms. The molecule has 3 N–H and O–H groups in total. The molecule has 0 amide bonds. The van der Waals surface area contributed by atoms with Gasteiger partial charge in [-0.1, -0.05) is 324 Å². The first kappa shape index (κ1) is 90.1. The summed E-state index contributed by atoms with van der Waals surface area (Å²) in [4.78, 5) is 72.4. The van der Waals surface area contributed by atoms with Crippen LogP contribution in [0.4, 0.5) is 0 Å². The molecule has 0 aliphatic heterocycles. The Bertz CT molecular complexity index is 1790. The van der Waals surface area contributed by atoms with Gasteiger partial charge in [-0.3, -0.25) is 37.3 Å². The summed E-state index contributed by atoms with van der Waals surface area (Å²) >= 11 is 0. The monoisotopic (exact) mass is 1350 g/mol. The van der Waals surface area contributed by atoms with Crippen LogP contribution < -0.4 is 0 Å². The Morgan fingerprint density at radius 1 is 0.304 bits per heavy atom. The highest BCUT2D eigenvalue weighted by Gasteiger charge is 2.30. The molecule has 0 fully saturated rings. The summed E-state index contributed by atoms with van der Waals surface area (Å²) in [6.45, 7) is 9.59. The van der Waals surface area contributed by atoms with Crippen molar-refractivity contribution < 1.29 is 80.2 Å². The molecule has 0 radical (unpaired) electrons. The molecule has 4 unspecified atom stereocenters. The number of carbonyl (C=O) groups excluding carboxylic acids is 4. The summed E-state index contributed by atoms with van der Waals surface area (Å²) in [5.41, 5.74) is 0. The van der Waals surface area contributed by atoms with Crippen molar-refractivity contribution >= 4 is 39.5 Å². The Balaban J connectivity index is 5.15. The molecule has 0 spiro atoms. The smallest absolute Gasteiger partial charge is 0.462 e. The van der Waals surface area contributed by atoms with Gasteiger partial charge in [0.05, 0.1) is 26.4 Å². The van der Waals surface area contributed by atoms with Crippen molar-refractivity contribution in [2.24, 2.45) is 11.8 Å². The SMILES string of the molecule is CCCCCCCCCCCCCC(=O)O[C@H](COC(=O)CCCCCCC)COP(=O)(O)OC[C@H](O)COP(=O)(O)OC[C@@H](COC(=O)CCCCCCCCCCCCCCCCC(C)CC)OC(=O)CCCCCCCCCCCCCCCCC(C)CC. The van der Waals surface area contributed by atoms with E-state index in [9.17, 15) is 43.2 Å². The van der Waals surface area contributed by atoms with Crippen molar-refractivity contribution in [3.8, 4) is 0 Å². The molecule has 0 aromatic heterocycles. The molecule has 0 aromatic carbocycles. The number of rotatable bonds is 72. The van der Waals surface area contributed by atoms with Crippen LogP contribution in [0.25, 0.3) is 0 Å². The van der Waals surface area contributed by atoms with Crippen molar-refractivity contribution in [2.75, 3.05) is 39.6 Å². The third-order valence-electron chi connectivity index (χ3n) is 17.7. The third kappa shape index (κ3) is 64.1. The number of aliphatic hydroxyl groups excluding tert-OH is 1. The van der Waals surface area contributed by atoms with E-state index in [4.69, 9.17) is 37.0 Å². The quantitative estimate of drug-likeness (QED) is 0.0222. The number of hydrogen-bond donors (Lipinski definition) is 3. The van der Waals surface area contributed by atoms with E-state index in [1.54, 1.807) is 0 Å². The first-order valence-corrected chi connectivity index (χ1v) is 41.1. The fourth-order valence-electron chi connectivity index (χ4n) is 11.1. The number of ether oxygens (including phenoxy) is 4.